The molecule has 4 aromatic carbocycles. The topological polar surface area (TPSA) is 36.9 Å². The van der Waals surface area contributed by atoms with Gasteiger partial charge in [-0.3, -0.25) is 0 Å². The van der Waals surface area contributed by atoms with Crippen LogP contribution in [-0.2, 0) is 9.47 Å². The number of hydrogen-bond donors (Lipinski definition) is 0. The number of ether oxygens (including phenoxy) is 4. The van der Waals surface area contributed by atoms with Gasteiger partial charge in [0, 0.05) is 21.8 Å². The third-order valence-electron chi connectivity index (χ3n) is 5.45. The number of halogens is 2. The second kappa shape index (κ2) is 13.1. The molecule has 0 bridgehead atoms. The van der Waals surface area contributed by atoms with E-state index in [4.69, 9.17) is 18.9 Å². The molecule has 0 atom stereocenters. The third-order valence-corrected chi connectivity index (χ3v) is 6.09. The van der Waals surface area contributed by atoms with Gasteiger partial charge in [-0.15, -0.1) is 0 Å². The summed E-state index contributed by atoms with van der Waals surface area (Å²) in [6, 6.07) is 25.1. The highest BCUT2D eigenvalue weighted by molar-refractivity contribution is 9.09. The van der Waals surface area contributed by atoms with Gasteiger partial charge in [0.25, 0.3) is 0 Å². The zero-order valence-corrected chi connectivity index (χ0v) is 22.1. The van der Waals surface area contributed by atoms with Gasteiger partial charge in [0.15, 0.2) is 0 Å². The predicted octanol–water partition coefficient (Wildman–Crippen LogP) is 7.24. The summed E-state index contributed by atoms with van der Waals surface area (Å²) in [5.74, 6) is 1.63. The maximum Gasteiger partial charge on any atom is 0.128 e. The Balaban J connectivity index is 1.79. The first kappa shape index (κ1) is 25.0. The molecule has 4 nitrogen and oxygen atoms in total. The molecule has 0 N–H and O–H groups in total. The van der Waals surface area contributed by atoms with Crippen molar-refractivity contribution in [1.82, 2.24) is 0 Å². The van der Waals surface area contributed by atoms with Crippen molar-refractivity contribution in [3.8, 4) is 22.6 Å². The van der Waals surface area contributed by atoms with Crippen LogP contribution in [0.15, 0.2) is 72.8 Å². The highest BCUT2D eigenvalue weighted by atomic mass is 79.9. The molecule has 0 amide bonds. The zero-order chi connectivity index (χ0) is 23.6. The number of hydrogen-bond acceptors (Lipinski definition) is 4. The van der Waals surface area contributed by atoms with Crippen molar-refractivity contribution in [2.45, 2.75) is 0 Å². The van der Waals surface area contributed by atoms with E-state index in [0.717, 1.165) is 54.8 Å². The molecule has 34 heavy (non-hydrogen) atoms. The summed E-state index contributed by atoms with van der Waals surface area (Å²) in [6.07, 6.45) is 0. The molecule has 0 aliphatic carbocycles. The van der Waals surface area contributed by atoms with E-state index in [0.29, 0.717) is 39.6 Å². The van der Waals surface area contributed by atoms with Gasteiger partial charge in [0.1, 0.15) is 24.7 Å². The largest absolute Gasteiger partial charge is 0.491 e. The van der Waals surface area contributed by atoms with Gasteiger partial charge in [-0.25, -0.2) is 0 Å². The Labute approximate surface area is 217 Å². The Morgan fingerprint density at radius 1 is 0.471 bits per heavy atom. The summed E-state index contributed by atoms with van der Waals surface area (Å²) < 4.78 is 23.8. The van der Waals surface area contributed by atoms with Crippen molar-refractivity contribution in [3.05, 3.63) is 72.8 Å². The molecule has 0 aromatic heterocycles. The van der Waals surface area contributed by atoms with E-state index in [-0.39, 0.29) is 0 Å². The first-order valence-electron chi connectivity index (χ1n) is 11.4. The first-order chi connectivity index (χ1) is 16.8. The number of rotatable bonds is 13. The summed E-state index contributed by atoms with van der Waals surface area (Å²) in [7, 11) is 0. The summed E-state index contributed by atoms with van der Waals surface area (Å²) >= 11 is 6.78. The third kappa shape index (κ3) is 6.11. The molecule has 0 saturated carbocycles. The molecule has 0 aliphatic rings. The second-order valence-electron chi connectivity index (χ2n) is 7.62. The van der Waals surface area contributed by atoms with E-state index < -0.39 is 0 Å². The molecule has 0 radical (unpaired) electrons. The molecule has 0 aliphatic heterocycles. The molecular weight excluding hydrogens is 560 g/mol. The average molecular weight is 588 g/mol. The SMILES string of the molecule is BrCCOCCOc1ccc2ccccc2c1-c1c(OCCOCCBr)ccc2ccccc12. The van der Waals surface area contributed by atoms with Crippen LogP contribution in [0.5, 0.6) is 11.5 Å². The lowest BCUT2D eigenvalue weighted by molar-refractivity contribution is 0.112. The fraction of sp³-hybridized carbons (Fsp3) is 0.286. The molecule has 4 aromatic rings. The average Bonchev–Trinajstić information content (AvgIpc) is 2.88. The van der Waals surface area contributed by atoms with Crippen LogP contribution < -0.4 is 9.47 Å². The molecule has 0 spiro atoms. The van der Waals surface area contributed by atoms with Gasteiger partial charge in [0.05, 0.1) is 26.4 Å². The first-order valence-corrected chi connectivity index (χ1v) is 13.6. The smallest absolute Gasteiger partial charge is 0.128 e. The Kier molecular flexibility index (Phi) is 9.63. The Morgan fingerprint density at radius 3 is 1.35 bits per heavy atom. The minimum Gasteiger partial charge on any atom is -0.491 e. The normalized spacial score (nSPS) is 11.2. The van der Waals surface area contributed by atoms with Gasteiger partial charge in [-0.05, 0) is 33.7 Å². The van der Waals surface area contributed by atoms with Gasteiger partial charge in [0.2, 0.25) is 0 Å². The predicted molar refractivity (Wildman–Crippen MR) is 147 cm³/mol. The van der Waals surface area contributed by atoms with Crippen molar-refractivity contribution >= 4 is 53.4 Å². The molecule has 178 valence electrons. The molecule has 0 heterocycles. The molecular formula is C28H28Br2O4. The monoisotopic (exact) mass is 586 g/mol. The molecule has 4 rings (SSSR count). The van der Waals surface area contributed by atoms with E-state index in [2.05, 4.69) is 92.5 Å². The molecule has 0 saturated heterocycles. The van der Waals surface area contributed by atoms with Gasteiger partial charge < -0.3 is 18.9 Å². The van der Waals surface area contributed by atoms with Crippen LogP contribution >= 0.6 is 31.9 Å². The van der Waals surface area contributed by atoms with Gasteiger partial charge in [-0.1, -0.05) is 92.5 Å². The van der Waals surface area contributed by atoms with Crippen molar-refractivity contribution in [2.24, 2.45) is 0 Å². The fourth-order valence-corrected chi connectivity index (χ4v) is 4.45. The minimum absolute atomic E-state index is 0.472. The van der Waals surface area contributed by atoms with E-state index in [1.165, 1.54) is 0 Å². The van der Waals surface area contributed by atoms with Crippen LogP contribution in [0.1, 0.15) is 0 Å². The van der Waals surface area contributed by atoms with E-state index in [9.17, 15) is 0 Å². The summed E-state index contributed by atoms with van der Waals surface area (Å²) in [5.41, 5.74) is 2.07. The lowest BCUT2D eigenvalue weighted by Crippen LogP contribution is -2.10. The highest BCUT2D eigenvalue weighted by Gasteiger charge is 2.19. The molecule has 6 heteroatoms. The maximum atomic E-state index is 6.28. The quantitative estimate of drug-likeness (QED) is 0.122. The Hall–Kier alpha value is -2.12. The van der Waals surface area contributed by atoms with E-state index in [1.807, 2.05) is 12.1 Å². The van der Waals surface area contributed by atoms with Crippen molar-refractivity contribution in [1.29, 1.82) is 0 Å². The molecule has 0 fully saturated rings. The van der Waals surface area contributed by atoms with E-state index in [1.54, 1.807) is 0 Å². The summed E-state index contributed by atoms with van der Waals surface area (Å²) in [6.45, 7) is 3.32. The zero-order valence-electron chi connectivity index (χ0n) is 19.0. The van der Waals surface area contributed by atoms with Crippen LogP contribution in [0.4, 0.5) is 0 Å². The van der Waals surface area contributed by atoms with Crippen LogP contribution in [-0.4, -0.2) is 50.3 Å². The fourth-order valence-electron chi connectivity index (χ4n) is 3.99. The molecule has 0 unspecified atom stereocenters. The Morgan fingerprint density at radius 2 is 0.912 bits per heavy atom. The van der Waals surface area contributed by atoms with Crippen LogP contribution in [0.25, 0.3) is 32.7 Å². The van der Waals surface area contributed by atoms with E-state index >= 15 is 0 Å². The number of alkyl halides is 2. The second-order valence-corrected chi connectivity index (χ2v) is 9.21. The van der Waals surface area contributed by atoms with Crippen LogP contribution in [0.2, 0.25) is 0 Å². The van der Waals surface area contributed by atoms with Crippen LogP contribution in [0, 0.1) is 0 Å². The van der Waals surface area contributed by atoms with Gasteiger partial charge in [-0.2, -0.15) is 0 Å². The summed E-state index contributed by atoms with van der Waals surface area (Å²) in [4.78, 5) is 0. The summed E-state index contributed by atoms with van der Waals surface area (Å²) in [5, 5.41) is 6.17. The van der Waals surface area contributed by atoms with Crippen LogP contribution in [0.3, 0.4) is 0 Å². The Bertz CT molecular complexity index is 1120. The van der Waals surface area contributed by atoms with Crippen molar-refractivity contribution in [3.63, 3.8) is 0 Å². The van der Waals surface area contributed by atoms with Crippen molar-refractivity contribution in [2.75, 3.05) is 50.3 Å². The minimum atomic E-state index is 0.472. The lowest BCUT2D eigenvalue weighted by atomic mass is 9.92. The highest BCUT2D eigenvalue weighted by Crippen LogP contribution is 2.45. The standard InChI is InChI=1S/C28H28Br2O4/c29-13-15-31-17-19-33-25-11-9-21-5-1-3-7-23(21)27(25)28-24-8-4-2-6-22(24)10-12-26(28)34-20-18-32-16-14-30/h1-12H,13-20H2. The number of benzene rings is 4. The van der Waals surface area contributed by atoms with Gasteiger partial charge >= 0.3 is 0 Å². The maximum absolute atomic E-state index is 6.28. The van der Waals surface area contributed by atoms with Crippen molar-refractivity contribution < 1.29 is 18.9 Å². The lowest BCUT2D eigenvalue weighted by Gasteiger charge is -2.20. The number of fused-ring (bicyclic) bond motifs is 2.